The van der Waals surface area contributed by atoms with Crippen molar-refractivity contribution in [3.8, 4) is 5.69 Å². The number of carbonyl (C=O) groups is 2. The number of amides is 2. The van der Waals surface area contributed by atoms with E-state index in [1.54, 1.807) is 23.1 Å². The third-order valence-corrected chi connectivity index (χ3v) is 6.53. The molecule has 30 heavy (non-hydrogen) atoms. The highest BCUT2D eigenvalue weighted by atomic mass is 35.5. The van der Waals surface area contributed by atoms with E-state index in [2.05, 4.69) is 20.8 Å². The van der Waals surface area contributed by atoms with Gasteiger partial charge in [0.05, 0.1) is 5.69 Å². The van der Waals surface area contributed by atoms with E-state index in [0.29, 0.717) is 35.4 Å². The van der Waals surface area contributed by atoms with E-state index >= 15 is 0 Å². The second-order valence-electron chi connectivity index (χ2n) is 8.50. The average molecular weight is 431 g/mol. The van der Waals surface area contributed by atoms with Gasteiger partial charge in [0.1, 0.15) is 18.5 Å². The van der Waals surface area contributed by atoms with Crippen LogP contribution in [0, 0.1) is 11.8 Å². The lowest BCUT2D eigenvalue weighted by Crippen LogP contribution is -2.51. The third kappa shape index (κ3) is 3.79. The largest absolute Gasteiger partial charge is 0.383 e. The van der Waals surface area contributed by atoms with E-state index in [-0.39, 0.29) is 24.4 Å². The number of nitrogens with zero attached hydrogens (tertiary/aromatic N) is 5. The molecule has 0 spiro atoms. The van der Waals surface area contributed by atoms with Crippen molar-refractivity contribution in [1.29, 1.82) is 0 Å². The van der Waals surface area contributed by atoms with Crippen molar-refractivity contribution in [3.05, 3.63) is 35.1 Å². The molecule has 2 aliphatic carbocycles. The van der Waals surface area contributed by atoms with Crippen LogP contribution in [-0.4, -0.2) is 60.2 Å². The topological polar surface area (TPSA) is 113 Å². The highest BCUT2D eigenvalue weighted by Gasteiger charge is 2.56. The number of aromatic nitrogens is 4. The van der Waals surface area contributed by atoms with E-state index in [4.69, 9.17) is 11.6 Å². The quantitative estimate of drug-likeness (QED) is 0.679. The average Bonchev–Trinajstić information content (AvgIpc) is 3.61. The Morgan fingerprint density at radius 3 is 2.87 bits per heavy atom. The molecule has 2 aromatic rings. The van der Waals surface area contributed by atoms with Gasteiger partial charge in [-0.2, -0.15) is 0 Å². The number of aliphatic hydroxyl groups is 1. The summed E-state index contributed by atoms with van der Waals surface area (Å²) in [7, 11) is 0. The van der Waals surface area contributed by atoms with Gasteiger partial charge in [0, 0.05) is 17.6 Å². The number of aliphatic hydroxyl groups excluding tert-OH is 1. The van der Waals surface area contributed by atoms with E-state index in [1.165, 1.54) is 11.0 Å². The minimum absolute atomic E-state index is 0.0880. The maximum absolute atomic E-state index is 13.0. The van der Waals surface area contributed by atoms with Crippen LogP contribution in [0.1, 0.15) is 37.7 Å². The van der Waals surface area contributed by atoms with Gasteiger partial charge in [0.2, 0.25) is 5.91 Å². The smallest absolute Gasteiger partial charge is 0.252 e. The minimum atomic E-state index is -1.01. The summed E-state index contributed by atoms with van der Waals surface area (Å²) in [4.78, 5) is 27.4. The highest BCUT2D eigenvalue weighted by Crippen LogP contribution is 2.48. The van der Waals surface area contributed by atoms with Gasteiger partial charge in [-0.3, -0.25) is 9.59 Å². The molecule has 5 rings (SSSR count). The molecule has 0 unspecified atom stereocenters. The molecule has 1 aromatic heterocycles. The van der Waals surface area contributed by atoms with Gasteiger partial charge < -0.3 is 15.3 Å². The second kappa shape index (κ2) is 7.63. The molecule has 1 aliphatic heterocycles. The summed E-state index contributed by atoms with van der Waals surface area (Å²) in [6.07, 6.45) is 4.68. The minimum Gasteiger partial charge on any atom is -0.383 e. The molecule has 1 aromatic carbocycles. The molecule has 0 bridgehead atoms. The van der Waals surface area contributed by atoms with E-state index < -0.39 is 12.1 Å². The first-order valence-electron chi connectivity index (χ1n) is 10.3. The first-order valence-corrected chi connectivity index (χ1v) is 10.7. The molecular formula is C20H23ClN6O3. The molecule has 2 N–H and O–H groups in total. The van der Waals surface area contributed by atoms with E-state index in [9.17, 15) is 14.7 Å². The van der Waals surface area contributed by atoms with Crippen LogP contribution in [0.3, 0.4) is 0 Å². The molecule has 2 heterocycles. The maximum Gasteiger partial charge on any atom is 0.252 e. The highest BCUT2D eigenvalue weighted by molar-refractivity contribution is 6.30. The molecular weight excluding hydrogens is 408 g/mol. The zero-order valence-electron chi connectivity index (χ0n) is 16.3. The normalized spacial score (nSPS) is 25.7. The number of hydrogen-bond acceptors (Lipinski definition) is 6. The fourth-order valence-corrected chi connectivity index (χ4v) is 4.64. The van der Waals surface area contributed by atoms with Gasteiger partial charge in [-0.25, -0.2) is 4.68 Å². The summed E-state index contributed by atoms with van der Waals surface area (Å²) in [5.74, 6) is 0.295. The number of carbonyl (C=O) groups excluding carboxylic acids is 2. The summed E-state index contributed by atoms with van der Waals surface area (Å²) >= 11 is 6.14. The lowest BCUT2D eigenvalue weighted by molar-refractivity contribution is -0.147. The number of fused-ring (bicyclic) bond motifs is 1. The van der Waals surface area contributed by atoms with E-state index in [1.807, 2.05) is 0 Å². The molecule has 10 heteroatoms. The van der Waals surface area contributed by atoms with Crippen LogP contribution in [0.5, 0.6) is 0 Å². The number of likely N-dealkylation sites (tertiary alicyclic amines) is 1. The Labute approximate surface area is 178 Å². The molecule has 2 amide bonds. The Morgan fingerprint density at radius 2 is 2.13 bits per heavy atom. The van der Waals surface area contributed by atoms with Crippen LogP contribution >= 0.6 is 11.6 Å². The first kappa shape index (κ1) is 19.4. The SMILES string of the molecule is O=C(NCc1cc(Cl)ccc1-n1cnnn1)[C@@H]1C[C@H]2C[C@H]2N1C(=O)[C@H](O)CC1CC1. The molecule has 9 nitrogen and oxygen atoms in total. The van der Waals surface area contributed by atoms with Crippen LogP contribution in [0.25, 0.3) is 5.69 Å². The van der Waals surface area contributed by atoms with Crippen LogP contribution in [-0.2, 0) is 16.1 Å². The van der Waals surface area contributed by atoms with Gasteiger partial charge in [0.15, 0.2) is 0 Å². The zero-order valence-corrected chi connectivity index (χ0v) is 17.1. The molecule has 1 saturated heterocycles. The Bertz CT molecular complexity index is 963. The number of rotatable bonds is 7. The van der Waals surface area contributed by atoms with Crippen LogP contribution in [0.2, 0.25) is 5.02 Å². The van der Waals surface area contributed by atoms with Crippen molar-refractivity contribution in [2.24, 2.45) is 11.8 Å². The van der Waals surface area contributed by atoms with Gasteiger partial charge in [-0.1, -0.05) is 24.4 Å². The van der Waals surface area contributed by atoms with Gasteiger partial charge in [-0.05, 0) is 65.3 Å². The summed E-state index contributed by atoms with van der Waals surface area (Å²) in [5.41, 5.74) is 1.48. The number of benzene rings is 1. The number of hydrogen-bond donors (Lipinski definition) is 2. The predicted molar refractivity (Wildman–Crippen MR) is 107 cm³/mol. The van der Waals surface area contributed by atoms with E-state index in [0.717, 1.165) is 24.8 Å². The van der Waals surface area contributed by atoms with Crippen LogP contribution in [0.4, 0.5) is 0 Å². The Hall–Kier alpha value is -2.52. The maximum atomic E-state index is 13.0. The third-order valence-electron chi connectivity index (χ3n) is 6.29. The van der Waals surface area contributed by atoms with Gasteiger partial charge in [0.25, 0.3) is 5.91 Å². The van der Waals surface area contributed by atoms with Crippen molar-refractivity contribution in [2.45, 2.75) is 56.8 Å². The summed E-state index contributed by atoms with van der Waals surface area (Å²) in [6, 6.07) is 4.83. The molecule has 0 radical (unpaired) electrons. The molecule has 4 atom stereocenters. The lowest BCUT2D eigenvalue weighted by atomic mass is 10.1. The second-order valence-corrected chi connectivity index (χ2v) is 8.94. The fourth-order valence-electron chi connectivity index (χ4n) is 4.44. The fraction of sp³-hybridized carbons (Fsp3) is 0.550. The van der Waals surface area contributed by atoms with Gasteiger partial charge in [-0.15, -0.1) is 5.10 Å². The molecule has 3 aliphatic rings. The number of tetrazole rings is 1. The number of nitrogens with one attached hydrogen (secondary N) is 1. The molecule has 3 fully saturated rings. The number of piperidine rings is 1. The monoisotopic (exact) mass is 430 g/mol. The lowest BCUT2D eigenvalue weighted by Gasteiger charge is -2.29. The van der Waals surface area contributed by atoms with Crippen LogP contribution < -0.4 is 5.32 Å². The van der Waals surface area contributed by atoms with Crippen molar-refractivity contribution >= 4 is 23.4 Å². The van der Waals surface area contributed by atoms with Crippen molar-refractivity contribution in [3.63, 3.8) is 0 Å². The van der Waals surface area contributed by atoms with Crippen molar-refractivity contribution in [2.75, 3.05) is 0 Å². The standard InChI is InChI=1S/C20H23ClN6O3/c21-14-3-4-15(26-10-23-24-25-26)13(6-14)9-22-19(29)17-8-12-7-16(12)27(17)20(30)18(28)5-11-1-2-11/h3-4,6,10-12,16-18,28H,1-2,5,7-9H2,(H,22,29)/t12-,16-,17+,18-/m1/s1. The summed E-state index contributed by atoms with van der Waals surface area (Å²) in [5, 5.41) is 25.0. The first-order chi connectivity index (χ1) is 14.5. The number of halogens is 1. The van der Waals surface area contributed by atoms with Crippen molar-refractivity contribution < 1.29 is 14.7 Å². The van der Waals surface area contributed by atoms with Gasteiger partial charge >= 0.3 is 0 Å². The molecule has 158 valence electrons. The van der Waals surface area contributed by atoms with Crippen molar-refractivity contribution in [1.82, 2.24) is 30.4 Å². The predicted octanol–water partition coefficient (Wildman–Crippen LogP) is 1.08. The zero-order chi connectivity index (χ0) is 20.8. The summed E-state index contributed by atoms with van der Waals surface area (Å²) < 4.78 is 1.51. The Kier molecular flexibility index (Phi) is 4.94. The Morgan fingerprint density at radius 1 is 1.30 bits per heavy atom. The molecule has 2 saturated carbocycles. The van der Waals surface area contributed by atoms with Crippen LogP contribution in [0.15, 0.2) is 24.5 Å². The Balaban J connectivity index is 1.27. The summed E-state index contributed by atoms with van der Waals surface area (Å²) in [6.45, 7) is 0.229.